The fraction of sp³-hybridized carbons (Fsp3) is 0.467. The largest absolute Gasteiger partial charge is 0.472 e. The number of rotatable bonds is 5. The highest BCUT2D eigenvalue weighted by molar-refractivity contribution is 7.07. The van der Waals surface area contributed by atoms with Crippen LogP contribution < -0.4 is 5.32 Å². The summed E-state index contributed by atoms with van der Waals surface area (Å²) in [5.41, 5.74) is 3.44. The Morgan fingerprint density at radius 3 is 3.00 bits per heavy atom. The number of amides is 1. The van der Waals surface area contributed by atoms with Crippen molar-refractivity contribution in [3.05, 3.63) is 40.7 Å². The number of nitrogens with zero attached hydrogens (tertiary/aromatic N) is 2. The number of carbonyl (C=O) groups is 1. The number of carbonyl (C=O) groups excluding carboxylic acids is 1. The van der Waals surface area contributed by atoms with Gasteiger partial charge in [-0.15, -0.1) is 11.3 Å². The van der Waals surface area contributed by atoms with E-state index < -0.39 is 0 Å². The van der Waals surface area contributed by atoms with Gasteiger partial charge in [-0.2, -0.15) is 0 Å². The summed E-state index contributed by atoms with van der Waals surface area (Å²) in [6.45, 7) is 3.84. The molecule has 1 saturated heterocycles. The summed E-state index contributed by atoms with van der Waals surface area (Å²) in [5, 5.41) is 4.77. The van der Waals surface area contributed by atoms with Crippen LogP contribution in [0.4, 0.5) is 0 Å². The van der Waals surface area contributed by atoms with Gasteiger partial charge in [-0.3, -0.25) is 9.69 Å². The van der Waals surface area contributed by atoms with E-state index in [-0.39, 0.29) is 5.91 Å². The van der Waals surface area contributed by atoms with E-state index >= 15 is 0 Å². The van der Waals surface area contributed by atoms with Crippen LogP contribution in [0, 0.1) is 5.92 Å². The average Bonchev–Trinajstić information content (AvgIpc) is 3.19. The molecule has 1 amide bonds. The second-order valence-corrected chi connectivity index (χ2v) is 6.15. The van der Waals surface area contributed by atoms with Gasteiger partial charge < -0.3 is 9.73 Å². The van der Waals surface area contributed by atoms with Crippen LogP contribution in [-0.4, -0.2) is 35.4 Å². The van der Waals surface area contributed by atoms with Gasteiger partial charge in [-0.25, -0.2) is 4.98 Å². The molecule has 0 radical (unpaired) electrons. The zero-order chi connectivity index (χ0) is 14.5. The van der Waals surface area contributed by atoms with Crippen LogP contribution in [0.3, 0.4) is 0 Å². The van der Waals surface area contributed by atoms with Crippen LogP contribution in [0.15, 0.2) is 33.9 Å². The first-order valence-corrected chi connectivity index (χ1v) is 8.15. The van der Waals surface area contributed by atoms with E-state index in [9.17, 15) is 4.79 Å². The molecule has 2 aromatic rings. The minimum atomic E-state index is -0.0583. The van der Waals surface area contributed by atoms with Crippen molar-refractivity contribution in [1.82, 2.24) is 15.2 Å². The summed E-state index contributed by atoms with van der Waals surface area (Å²) < 4.78 is 5.10. The van der Waals surface area contributed by atoms with Gasteiger partial charge >= 0.3 is 0 Å². The van der Waals surface area contributed by atoms with Gasteiger partial charge in [0.25, 0.3) is 5.91 Å². The summed E-state index contributed by atoms with van der Waals surface area (Å²) in [7, 11) is 0. The molecule has 3 heterocycles. The number of furan rings is 1. The molecule has 21 heavy (non-hydrogen) atoms. The van der Waals surface area contributed by atoms with Crippen molar-refractivity contribution in [3.8, 4) is 0 Å². The van der Waals surface area contributed by atoms with Gasteiger partial charge in [-0.1, -0.05) is 0 Å². The normalized spacial score (nSPS) is 17.0. The fourth-order valence-electron chi connectivity index (χ4n) is 2.64. The van der Waals surface area contributed by atoms with Gasteiger partial charge in [0.1, 0.15) is 5.69 Å². The lowest BCUT2D eigenvalue weighted by Crippen LogP contribution is -2.38. The van der Waals surface area contributed by atoms with E-state index in [4.69, 9.17) is 4.42 Å². The molecular formula is C15H19N3O2S. The molecule has 112 valence electrons. The maximum absolute atomic E-state index is 11.8. The lowest BCUT2D eigenvalue weighted by molar-refractivity contribution is 0.0931. The number of aromatic nitrogens is 1. The average molecular weight is 305 g/mol. The highest BCUT2D eigenvalue weighted by atomic mass is 32.1. The minimum Gasteiger partial charge on any atom is -0.472 e. The Morgan fingerprint density at radius 2 is 2.33 bits per heavy atom. The molecule has 0 bridgehead atoms. The van der Waals surface area contributed by atoms with Crippen molar-refractivity contribution in [2.24, 2.45) is 5.92 Å². The summed E-state index contributed by atoms with van der Waals surface area (Å²) in [4.78, 5) is 18.3. The fourth-order valence-corrected chi connectivity index (χ4v) is 3.17. The lowest BCUT2D eigenvalue weighted by Gasteiger charge is -2.31. The van der Waals surface area contributed by atoms with E-state index in [1.165, 1.54) is 16.9 Å². The van der Waals surface area contributed by atoms with Gasteiger partial charge in [-0.05, 0) is 37.9 Å². The Morgan fingerprint density at radius 1 is 1.48 bits per heavy atom. The van der Waals surface area contributed by atoms with Crippen LogP contribution in [0.2, 0.25) is 0 Å². The first-order valence-electron chi connectivity index (χ1n) is 7.21. The molecule has 0 aromatic carbocycles. The Balaban J connectivity index is 1.39. The standard InChI is InChI=1S/C15H19N3O2S/c19-15(14-10-21-11-17-14)16-7-12-1-4-18(5-2-12)8-13-3-6-20-9-13/h3,6,9-12H,1-2,4-5,7-8H2,(H,16,19). The maximum atomic E-state index is 11.8. The van der Waals surface area contributed by atoms with E-state index in [1.54, 1.807) is 23.4 Å². The molecule has 2 aromatic heterocycles. The highest BCUT2D eigenvalue weighted by Crippen LogP contribution is 2.18. The van der Waals surface area contributed by atoms with E-state index in [0.29, 0.717) is 11.6 Å². The molecule has 0 unspecified atom stereocenters. The van der Waals surface area contributed by atoms with Crippen LogP contribution >= 0.6 is 11.3 Å². The quantitative estimate of drug-likeness (QED) is 0.921. The first kappa shape index (κ1) is 14.3. The maximum Gasteiger partial charge on any atom is 0.270 e. The van der Waals surface area contributed by atoms with Crippen molar-refractivity contribution in [1.29, 1.82) is 0 Å². The molecule has 1 aliphatic rings. The van der Waals surface area contributed by atoms with Gasteiger partial charge in [0.05, 0.1) is 18.0 Å². The smallest absolute Gasteiger partial charge is 0.270 e. The molecular weight excluding hydrogens is 286 g/mol. The number of thiazole rings is 1. The Hall–Kier alpha value is -1.66. The van der Waals surface area contributed by atoms with E-state index in [1.807, 2.05) is 6.07 Å². The topological polar surface area (TPSA) is 58.4 Å². The minimum absolute atomic E-state index is 0.0583. The van der Waals surface area contributed by atoms with Crippen LogP contribution in [0.5, 0.6) is 0 Å². The summed E-state index contributed by atoms with van der Waals surface area (Å²) in [5.74, 6) is 0.505. The summed E-state index contributed by atoms with van der Waals surface area (Å²) in [6, 6.07) is 2.01. The predicted octanol–water partition coefficient (Wildman–Crippen LogP) is 2.38. The third-order valence-corrected chi connectivity index (χ3v) is 4.50. The first-order chi connectivity index (χ1) is 10.3. The zero-order valence-electron chi connectivity index (χ0n) is 11.8. The number of likely N-dealkylation sites (tertiary alicyclic amines) is 1. The highest BCUT2D eigenvalue weighted by Gasteiger charge is 2.20. The van der Waals surface area contributed by atoms with Crippen molar-refractivity contribution in [2.75, 3.05) is 19.6 Å². The molecule has 5 nitrogen and oxygen atoms in total. The second-order valence-electron chi connectivity index (χ2n) is 5.43. The number of hydrogen-bond acceptors (Lipinski definition) is 5. The van der Waals surface area contributed by atoms with Crippen LogP contribution in [-0.2, 0) is 6.54 Å². The number of hydrogen-bond donors (Lipinski definition) is 1. The van der Waals surface area contributed by atoms with E-state index in [0.717, 1.165) is 39.0 Å². The second kappa shape index (κ2) is 6.87. The molecule has 0 spiro atoms. The predicted molar refractivity (Wildman–Crippen MR) is 81.2 cm³/mol. The molecule has 1 N–H and O–H groups in total. The number of piperidine rings is 1. The molecule has 0 atom stereocenters. The van der Waals surface area contributed by atoms with Gasteiger partial charge in [0, 0.05) is 24.0 Å². The van der Waals surface area contributed by atoms with Crippen LogP contribution in [0.1, 0.15) is 28.9 Å². The monoisotopic (exact) mass is 305 g/mol. The molecule has 0 saturated carbocycles. The molecule has 1 aliphatic heterocycles. The SMILES string of the molecule is O=C(NCC1CCN(Cc2ccoc2)CC1)c1cscn1. The molecule has 3 rings (SSSR count). The number of nitrogens with one attached hydrogen (secondary N) is 1. The Labute approximate surface area is 128 Å². The molecule has 6 heteroatoms. The summed E-state index contributed by atoms with van der Waals surface area (Å²) in [6.07, 6.45) is 5.76. The Bertz CT molecular complexity index is 546. The summed E-state index contributed by atoms with van der Waals surface area (Å²) >= 11 is 1.45. The molecule has 0 aliphatic carbocycles. The van der Waals surface area contributed by atoms with Crippen molar-refractivity contribution < 1.29 is 9.21 Å². The molecule has 1 fully saturated rings. The lowest BCUT2D eigenvalue weighted by atomic mass is 9.96. The Kier molecular flexibility index (Phi) is 4.67. The van der Waals surface area contributed by atoms with E-state index in [2.05, 4.69) is 15.2 Å². The van der Waals surface area contributed by atoms with Crippen molar-refractivity contribution in [2.45, 2.75) is 19.4 Å². The van der Waals surface area contributed by atoms with Gasteiger partial charge in [0.2, 0.25) is 0 Å². The van der Waals surface area contributed by atoms with Crippen LogP contribution in [0.25, 0.3) is 0 Å². The van der Waals surface area contributed by atoms with Gasteiger partial charge in [0.15, 0.2) is 0 Å². The third-order valence-electron chi connectivity index (χ3n) is 3.91. The third kappa shape index (κ3) is 3.92. The van der Waals surface area contributed by atoms with Crippen molar-refractivity contribution in [3.63, 3.8) is 0 Å². The van der Waals surface area contributed by atoms with Crippen molar-refractivity contribution >= 4 is 17.2 Å². The zero-order valence-corrected chi connectivity index (χ0v) is 12.6.